The smallest absolute Gasteiger partial charge is 0.190 e. The molecule has 9 rings (SSSR count). The lowest BCUT2D eigenvalue weighted by Gasteiger charge is -2.19. The molecule has 0 radical (unpaired) electrons. The number of nitrogens with zero attached hydrogens (tertiary/aromatic N) is 4. The van der Waals surface area contributed by atoms with E-state index < -0.39 is 0 Å². The van der Waals surface area contributed by atoms with E-state index in [4.69, 9.17) is 11.0 Å². The number of para-hydroxylation sites is 4. The van der Waals surface area contributed by atoms with Crippen molar-refractivity contribution in [3.05, 3.63) is 138 Å². The summed E-state index contributed by atoms with van der Waals surface area (Å²) in [7, 11) is 0. The van der Waals surface area contributed by atoms with Crippen LogP contribution in [-0.4, -0.2) is 9.13 Å². The van der Waals surface area contributed by atoms with Gasteiger partial charge in [0.15, 0.2) is 5.69 Å². The summed E-state index contributed by atoms with van der Waals surface area (Å²) >= 11 is 0. The molecular weight excluding hydrogens is 528 g/mol. The van der Waals surface area contributed by atoms with Crippen LogP contribution in [0, 0.1) is 17.9 Å². The van der Waals surface area contributed by atoms with Crippen LogP contribution in [0.15, 0.2) is 126 Å². The van der Waals surface area contributed by atoms with E-state index in [9.17, 15) is 5.26 Å². The maximum absolute atomic E-state index is 10.6. The van der Waals surface area contributed by atoms with Crippen LogP contribution >= 0.6 is 0 Å². The molecule has 0 aliphatic rings. The van der Waals surface area contributed by atoms with Gasteiger partial charge in [0.2, 0.25) is 0 Å². The van der Waals surface area contributed by atoms with Gasteiger partial charge in [-0.1, -0.05) is 72.8 Å². The van der Waals surface area contributed by atoms with Gasteiger partial charge in [0.25, 0.3) is 0 Å². The van der Waals surface area contributed by atoms with Gasteiger partial charge in [-0.3, -0.25) is 0 Å². The van der Waals surface area contributed by atoms with Gasteiger partial charge in [-0.25, -0.2) is 4.85 Å². The molecule has 5 heteroatoms. The number of hydrogen-bond donors (Lipinski definition) is 0. The molecule has 0 atom stereocenters. The molecule has 0 spiro atoms. The molecule has 0 aliphatic heterocycles. The van der Waals surface area contributed by atoms with Crippen molar-refractivity contribution in [2.75, 3.05) is 0 Å². The van der Waals surface area contributed by atoms with E-state index in [1.54, 1.807) is 6.07 Å². The highest BCUT2D eigenvalue weighted by atomic mass is 16.3. The van der Waals surface area contributed by atoms with Crippen LogP contribution in [0.3, 0.4) is 0 Å². The maximum Gasteiger partial charge on any atom is 0.190 e. The Labute approximate surface area is 245 Å². The van der Waals surface area contributed by atoms with E-state index in [1.165, 1.54) is 0 Å². The van der Waals surface area contributed by atoms with Crippen molar-refractivity contribution in [3.63, 3.8) is 0 Å². The topological polar surface area (TPSA) is 51.1 Å². The predicted octanol–water partition coefficient (Wildman–Crippen LogP) is 10.2. The Kier molecular flexibility index (Phi) is 4.68. The summed E-state index contributed by atoms with van der Waals surface area (Å²) < 4.78 is 10.9. The van der Waals surface area contributed by atoms with E-state index in [-0.39, 0.29) is 0 Å². The first-order valence-electron chi connectivity index (χ1n) is 14.0. The Bertz CT molecular complexity index is 2650. The van der Waals surface area contributed by atoms with Crippen molar-refractivity contribution < 1.29 is 4.42 Å². The van der Waals surface area contributed by atoms with E-state index >= 15 is 0 Å². The van der Waals surface area contributed by atoms with E-state index in [0.29, 0.717) is 11.3 Å². The van der Waals surface area contributed by atoms with Crippen LogP contribution in [0.2, 0.25) is 0 Å². The zero-order valence-electron chi connectivity index (χ0n) is 22.7. The summed E-state index contributed by atoms with van der Waals surface area (Å²) in [5.74, 6) is 0. The summed E-state index contributed by atoms with van der Waals surface area (Å²) in [5.41, 5.74) is 7.92. The quantitative estimate of drug-likeness (QED) is 0.202. The average molecular weight is 549 g/mol. The third kappa shape index (κ3) is 3.08. The minimum absolute atomic E-state index is 0.409. The first-order chi connectivity index (χ1) is 21.3. The highest BCUT2D eigenvalue weighted by molar-refractivity contribution is 6.24. The lowest BCUT2D eigenvalue weighted by molar-refractivity contribution is 0.673. The molecule has 0 aliphatic carbocycles. The molecule has 0 amide bonds. The minimum atomic E-state index is 0.409. The molecule has 0 unspecified atom stereocenters. The summed E-state index contributed by atoms with van der Waals surface area (Å²) in [4.78, 5) is 3.79. The number of nitriles is 1. The van der Waals surface area contributed by atoms with E-state index in [2.05, 4.69) is 74.6 Å². The summed E-state index contributed by atoms with van der Waals surface area (Å²) in [5, 5.41) is 16.9. The molecule has 0 N–H and O–H groups in total. The van der Waals surface area contributed by atoms with Gasteiger partial charge in [0.1, 0.15) is 17.2 Å². The highest BCUT2D eigenvalue weighted by Gasteiger charge is 2.24. The third-order valence-electron chi connectivity index (χ3n) is 8.55. The second kappa shape index (κ2) is 8.60. The molecule has 6 aromatic carbocycles. The van der Waals surface area contributed by atoms with Crippen molar-refractivity contribution in [2.45, 2.75) is 0 Å². The molecule has 3 heterocycles. The first-order valence-corrected chi connectivity index (χ1v) is 14.0. The lowest BCUT2D eigenvalue weighted by Crippen LogP contribution is -2.06. The molecule has 3 aromatic heterocycles. The van der Waals surface area contributed by atoms with Crippen LogP contribution in [0.4, 0.5) is 5.69 Å². The lowest BCUT2D eigenvalue weighted by atomic mass is 10.1. The fraction of sp³-hybridized carbons (Fsp3) is 0. The number of rotatable bonds is 2. The van der Waals surface area contributed by atoms with Crippen LogP contribution in [0.25, 0.3) is 81.8 Å². The summed E-state index contributed by atoms with van der Waals surface area (Å²) in [6, 6.07) is 43.2. The Hall–Kier alpha value is -6.30. The van der Waals surface area contributed by atoms with Crippen LogP contribution in [0.5, 0.6) is 0 Å². The molecular formula is C38H20N4O. The van der Waals surface area contributed by atoms with Crippen molar-refractivity contribution in [3.8, 4) is 17.4 Å². The average Bonchev–Trinajstić information content (AvgIpc) is 3.72. The fourth-order valence-corrected chi connectivity index (χ4v) is 6.82. The van der Waals surface area contributed by atoms with E-state index in [0.717, 1.165) is 76.9 Å². The van der Waals surface area contributed by atoms with Crippen molar-refractivity contribution in [1.29, 1.82) is 5.26 Å². The largest absolute Gasteiger partial charge is 0.455 e. The Morgan fingerprint density at radius 1 is 0.605 bits per heavy atom. The molecule has 0 fully saturated rings. The Morgan fingerprint density at radius 2 is 1.21 bits per heavy atom. The first kappa shape index (κ1) is 23.4. The molecule has 9 aromatic rings. The van der Waals surface area contributed by atoms with Gasteiger partial charge in [0, 0.05) is 26.9 Å². The van der Waals surface area contributed by atoms with Crippen molar-refractivity contribution in [1.82, 2.24) is 9.13 Å². The monoisotopic (exact) mass is 548 g/mol. The van der Waals surface area contributed by atoms with Crippen LogP contribution in [-0.2, 0) is 0 Å². The standard InChI is InChI=1S/C38H20N4O/c1-40-24-20-23(22-39)37(42-30-14-6-2-10-25(30)26-11-3-7-15-31(26)42)34(21-24)41-32-16-8-4-13-29(32)36-33(41)19-18-28-27-12-5-9-17-35(27)43-38(28)36/h2-21H. The van der Waals surface area contributed by atoms with Crippen molar-refractivity contribution in [2.24, 2.45) is 0 Å². The second-order valence-electron chi connectivity index (χ2n) is 10.7. The van der Waals surface area contributed by atoms with Gasteiger partial charge in [-0.2, -0.15) is 5.26 Å². The number of benzene rings is 6. The van der Waals surface area contributed by atoms with Gasteiger partial charge in [-0.15, -0.1) is 0 Å². The molecule has 0 saturated heterocycles. The molecule has 0 bridgehead atoms. The number of furan rings is 1. The molecule has 198 valence electrons. The number of aromatic nitrogens is 2. The highest BCUT2D eigenvalue weighted by Crippen LogP contribution is 2.43. The summed E-state index contributed by atoms with van der Waals surface area (Å²) in [6.45, 7) is 7.93. The predicted molar refractivity (Wildman–Crippen MR) is 173 cm³/mol. The van der Waals surface area contributed by atoms with Gasteiger partial charge in [-0.05, 0) is 48.5 Å². The van der Waals surface area contributed by atoms with E-state index in [1.807, 2.05) is 60.7 Å². The number of fused-ring (bicyclic) bond motifs is 10. The number of hydrogen-bond acceptors (Lipinski definition) is 2. The Morgan fingerprint density at radius 3 is 1.88 bits per heavy atom. The zero-order chi connectivity index (χ0) is 28.7. The van der Waals surface area contributed by atoms with Gasteiger partial charge in [0.05, 0.1) is 51.0 Å². The third-order valence-corrected chi connectivity index (χ3v) is 8.55. The fourth-order valence-electron chi connectivity index (χ4n) is 6.82. The molecule has 5 nitrogen and oxygen atoms in total. The van der Waals surface area contributed by atoms with Crippen LogP contribution in [0.1, 0.15) is 5.56 Å². The zero-order valence-corrected chi connectivity index (χ0v) is 22.7. The Balaban J connectivity index is 1.51. The maximum atomic E-state index is 10.6. The van der Waals surface area contributed by atoms with Gasteiger partial charge < -0.3 is 13.6 Å². The minimum Gasteiger partial charge on any atom is -0.455 e. The normalized spacial score (nSPS) is 11.7. The SMILES string of the molecule is [C-]#[N+]c1cc(C#N)c(-n2c3ccccc3c3ccccc32)c(-n2c3ccccc3c3c4oc5ccccc5c4ccc32)c1. The second-order valence-corrected chi connectivity index (χ2v) is 10.7. The van der Waals surface area contributed by atoms with Gasteiger partial charge >= 0.3 is 0 Å². The molecule has 43 heavy (non-hydrogen) atoms. The van der Waals surface area contributed by atoms with Crippen molar-refractivity contribution >= 4 is 71.2 Å². The molecule has 0 saturated carbocycles. The van der Waals surface area contributed by atoms with Crippen LogP contribution < -0.4 is 0 Å². The summed E-state index contributed by atoms with van der Waals surface area (Å²) in [6.07, 6.45) is 0.